The SMILES string of the molecule is Cc1cc2occ(CC(=O)OCC(=O)NCCOc3ccccc3)c2cc1C. The van der Waals surface area contributed by atoms with E-state index in [2.05, 4.69) is 5.32 Å². The highest BCUT2D eigenvalue weighted by atomic mass is 16.5. The number of amides is 1. The maximum atomic E-state index is 12.1. The number of benzene rings is 2. The van der Waals surface area contributed by atoms with Gasteiger partial charge < -0.3 is 19.2 Å². The van der Waals surface area contributed by atoms with Crippen molar-refractivity contribution in [1.82, 2.24) is 5.32 Å². The van der Waals surface area contributed by atoms with Crippen molar-refractivity contribution in [2.45, 2.75) is 20.3 Å². The Balaban J connectivity index is 1.40. The monoisotopic (exact) mass is 381 g/mol. The van der Waals surface area contributed by atoms with E-state index in [1.165, 1.54) is 0 Å². The van der Waals surface area contributed by atoms with Crippen molar-refractivity contribution in [3.63, 3.8) is 0 Å². The van der Waals surface area contributed by atoms with E-state index < -0.39 is 5.97 Å². The number of carbonyl (C=O) groups excluding carboxylic acids is 2. The van der Waals surface area contributed by atoms with Gasteiger partial charge in [-0.15, -0.1) is 0 Å². The molecule has 0 saturated heterocycles. The third kappa shape index (κ3) is 5.13. The quantitative estimate of drug-likeness (QED) is 0.478. The van der Waals surface area contributed by atoms with Crippen LogP contribution in [0.1, 0.15) is 16.7 Å². The number of hydrogen-bond acceptors (Lipinski definition) is 5. The van der Waals surface area contributed by atoms with Crippen LogP contribution in [0.3, 0.4) is 0 Å². The van der Waals surface area contributed by atoms with Gasteiger partial charge in [0.2, 0.25) is 0 Å². The zero-order valence-electron chi connectivity index (χ0n) is 16.0. The average Bonchev–Trinajstić information content (AvgIpc) is 3.06. The molecule has 0 spiro atoms. The summed E-state index contributed by atoms with van der Waals surface area (Å²) < 4.78 is 16.1. The van der Waals surface area contributed by atoms with Gasteiger partial charge in [0, 0.05) is 10.9 Å². The lowest BCUT2D eigenvalue weighted by atomic mass is 10.0. The third-order valence-corrected chi connectivity index (χ3v) is 4.41. The highest BCUT2D eigenvalue weighted by molar-refractivity contribution is 5.87. The second-order valence-corrected chi connectivity index (χ2v) is 6.54. The van der Waals surface area contributed by atoms with Crippen LogP contribution in [0.4, 0.5) is 0 Å². The van der Waals surface area contributed by atoms with E-state index in [-0.39, 0.29) is 18.9 Å². The molecular weight excluding hydrogens is 358 g/mol. The van der Waals surface area contributed by atoms with Gasteiger partial charge in [-0.25, -0.2) is 0 Å². The molecule has 3 rings (SSSR count). The van der Waals surface area contributed by atoms with Crippen molar-refractivity contribution in [3.8, 4) is 5.75 Å². The summed E-state index contributed by atoms with van der Waals surface area (Å²) in [5, 5.41) is 3.54. The number of aryl methyl sites for hydroxylation is 2. The van der Waals surface area contributed by atoms with E-state index in [9.17, 15) is 9.59 Å². The van der Waals surface area contributed by atoms with Gasteiger partial charge in [0.25, 0.3) is 5.91 Å². The smallest absolute Gasteiger partial charge is 0.310 e. The van der Waals surface area contributed by atoms with Crippen molar-refractivity contribution in [3.05, 3.63) is 65.4 Å². The fourth-order valence-corrected chi connectivity index (χ4v) is 2.75. The van der Waals surface area contributed by atoms with Gasteiger partial charge in [0.05, 0.1) is 19.2 Å². The van der Waals surface area contributed by atoms with E-state index in [4.69, 9.17) is 13.9 Å². The molecule has 0 unspecified atom stereocenters. The number of para-hydroxylation sites is 1. The van der Waals surface area contributed by atoms with Crippen LogP contribution in [0.2, 0.25) is 0 Å². The summed E-state index contributed by atoms with van der Waals surface area (Å²) in [4.78, 5) is 23.9. The number of furan rings is 1. The van der Waals surface area contributed by atoms with Crippen LogP contribution in [-0.4, -0.2) is 31.6 Å². The zero-order valence-corrected chi connectivity index (χ0v) is 16.0. The number of nitrogens with one attached hydrogen (secondary N) is 1. The van der Waals surface area contributed by atoms with Gasteiger partial charge in [-0.3, -0.25) is 9.59 Å². The lowest BCUT2D eigenvalue weighted by Crippen LogP contribution is -2.32. The maximum Gasteiger partial charge on any atom is 0.310 e. The van der Waals surface area contributed by atoms with Gasteiger partial charge in [-0.2, -0.15) is 0 Å². The summed E-state index contributed by atoms with van der Waals surface area (Å²) in [6, 6.07) is 13.3. The molecule has 0 bridgehead atoms. The first-order valence-corrected chi connectivity index (χ1v) is 9.10. The molecule has 0 atom stereocenters. The molecule has 1 aromatic heterocycles. The third-order valence-electron chi connectivity index (χ3n) is 4.41. The molecule has 3 aromatic rings. The molecule has 0 aliphatic heterocycles. The molecule has 0 fully saturated rings. The second kappa shape index (κ2) is 9.08. The van der Waals surface area contributed by atoms with Crippen molar-refractivity contribution < 1.29 is 23.5 Å². The Labute approximate surface area is 163 Å². The molecule has 1 heterocycles. The van der Waals surface area contributed by atoms with Gasteiger partial charge in [0.15, 0.2) is 6.61 Å². The topological polar surface area (TPSA) is 77.8 Å². The van der Waals surface area contributed by atoms with Crippen LogP contribution in [-0.2, 0) is 20.7 Å². The molecule has 1 amide bonds. The van der Waals surface area contributed by atoms with E-state index in [1.807, 2.05) is 56.3 Å². The number of rotatable bonds is 8. The Morgan fingerprint density at radius 3 is 2.61 bits per heavy atom. The summed E-state index contributed by atoms with van der Waals surface area (Å²) in [5.41, 5.74) is 3.74. The Bertz CT molecular complexity index is 962. The second-order valence-electron chi connectivity index (χ2n) is 6.54. The van der Waals surface area contributed by atoms with Gasteiger partial charge in [-0.1, -0.05) is 18.2 Å². The van der Waals surface area contributed by atoms with Crippen molar-refractivity contribution in [2.24, 2.45) is 0 Å². The standard InChI is InChI=1S/C22H23NO5/c1-15-10-19-17(13-27-20(19)11-16(15)2)12-22(25)28-14-21(24)23-8-9-26-18-6-4-3-5-7-18/h3-7,10-11,13H,8-9,12,14H2,1-2H3,(H,23,24). The minimum atomic E-state index is -0.475. The van der Waals surface area contributed by atoms with Crippen LogP contribution < -0.4 is 10.1 Å². The highest BCUT2D eigenvalue weighted by Crippen LogP contribution is 2.25. The molecule has 146 valence electrons. The maximum absolute atomic E-state index is 12.1. The van der Waals surface area contributed by atoms with E-state index in [0.29, 0.717) is 13.2 Å². The number of esters is 1. The van der Waals surface area contributed by atoms with E-state index >= 15 is 0 Å². The Kier molecular flexibility index (Phi) is 6.32. The predicted octanol–water partition coefficient (Wildman–Crippen LogP) is 3.33. The van der Waals surface area contributed by atoms with Crippen LogP contribution in [0.5, 0.6) is 5.75 Å². The van der Waals surface area contributed by atoms with E-state index in [0.717, 1.165) is 33.4 Å². The molecule has 2 aromatic carbocycles. The summed E-state index contributed by atoms with van der Waals surface area (Å²) in [5.74, 6) is -0.105. The first-order chi connectivity index (χ1) is 13.5. The number of carbonyl (C=O) groups is 2. The summed E-state index contributed by atoms with van der Waals surface area (Å²) in [6.45, 7) is 4.36. The fraction of sp³-hybridized carbons (Fsp3) is 0.273. The van der Waals surface area contributed by atoms with Crippen molar-refractivity contribution >= 4 is 22.8 Å². The lowest BCUT2D eigenvalue weighted by molar-refractivity contribution is -0.147. The van der Waals surface area contributed by atoms with E-state index in [1.54, 1.807) is 6.26 Å². The minimum Gasteiger partial charge on any atom is -0.492 e. The van der Waals surface area contributed by atoms with Crippen LogP contribution in [0.25, 0.3) is 11.0 Å². The summed E-state index contributed by atoms with van der Waals surface area (Å²) in [7, 11) is 0. The number of fused-ring (bicyclic) bond motifs is 1. The lowest BCUT2D eigenvalue weighted by Gasteiger charge is -2.08. The summed E-state index contributed by atoms with van der Waals surface area (Å²) >= 11 is 0. The molecule has 0 radical (unpaired) electrons. The molecule has 0 aliphatic rings. The largest absolute Gasteiger partial charge is 0.492 e. The average molecular weight is 381 g/mol. The van der Waals surface area contributed by atoms with Crippen molar-refractivity contribution in [2.75, 3.05) is 19.8 Å². The van der Waals surface area contributed by atoms with Gasteiger partial charge in [-0.05, 0) is 49.2 Å². The summed E-state index contributed by atoms with van der Waals surface area (Å²) in [6.07, 6.45) is 1.62. The fourth-order valence-electron chi connectivity index (χ4n) is 2.75. The predicted molar refractivity (Wildman–Crippen MR) is 105 cm³/mol. The molecule has 28 heavy (non-hydrogen) atoms. The molecule has 0 saturated carbocycles. The number of ether oxygens (including phenoxy) is 2. The molecule has 6 nitrogen and oxygen atoms in total. The minimum absolute atomic E-state index is 0.0555. The number of hydrogen-bond donors (Lipinski definition) is 1. The highest BCUT2D eigenvalue weighted by Gasteiger charge is 2.14. The first kappa shape index (κ1) is 19.5. The van der Waals surface area contributed by atoms with Crippen molar-refractivity contribution in [1.29, 1.82) is 0 Å². The first-order valence-electron chi connectivity index (χ1n) is 9.10. The van der Waals surface area contributed by atoms with Gasteiger partial charge in [0.1, 0.15) is 17.9 Å². The van der Waals surface area contributed by atoms with Crippen LogP contribution >= 0.6 is 0 Å². The Morgan fingerprint density at radius 1 is 1.07 bits per heavy atom. The Morgan fingerprint density at radius 2 is 1.82 bits per heavy atom. The van der Waals surface area contributed by atoms with Gasteiger partial charge >= 0.3 is 5.97 Å². The molecule has 6 heteroatoms. The normalized spacial score (nSPS) is 10.6. The van der Waals surface area contributed by atoms with Crippen LogP contribution in [0, 0.1) is 13.8 Å². The van der Waals surface area contributed by atoms with Crippen LogP contribution in [0.15, 0.2) is 53.1 Å². The molecular formula is C22H23NO5. The Hall–Kier alpha value is -3.28. The molecule has 0 aliphatic carbocycles. The zero-order chi connectivity index (χ0) is 19.9. The molecule has 1 N–H and O–H groups in total.